The van der Waals surface area contributed by atoms with E-state index < -0.39 is 0 Å². The molecule has 3 rings (SSSR count). The number of ether oxygens (including phenoxy) is 1. The summed E-state index contributed by atoms with van der Waals surface area (Å²) in [6.07, 6.45) is 1.71. The molecule has 0 saturated carbocycles. The quantitative estimate of drug-likeness (QED) is 0.627. The molecule has 3 aromatic rings. The van der Waals surface area contributed by atoms with Crippen molar-refractivity contribution in [1.29, 1.82) is 0 Å². The van der Waals surface area contributed by atoms with E-state index in [9.17, 15) is 4.79 Å². The van der Waals surface area contributed by atoms with Crippen LogP contribution in [0.5, 0.6) is 5.75 Å². The molecule has 2 N–H and O–H groups in total. The Morgan fingerprint density at radius 1 is 1.22 bits per heavy atom. The molecule has 7 nitrogen and oxygen atoms in total. The third kappa shape index (κ3) is 4.51. The van der Waals surface area contributed by atoms with Crippen molar-refractivity contribution in [1.82, 2.24) is 20.3 Å². The van der Waals surface area contributed by atoms with Gasteiger partial charge in [-0.05, 0) is 61.0 Å². The fourth-order valence-electron chi connectivity index (χ4n) is 2.48. The number of nitrogens with one attached hydrogen (secondary N) is 2. The predicted octanol–water partition coefficient (Wildman–Crippen LogP) is 4.38. The summed E-state index contributed by atoms with van der Waals surface area (Å²) in [4.78, 5) is 25.2. The number of hydrogen-bond acceptors (Lipinski definition) is 5. The second kappa shape index (κ2) is 8.30. The minimum Gasteiger partial charge on any atom is -0.489 e. The van der Waals surface area contributed by atoms with Gasteiger partial charge in [0.15, 0.2) is 5.65 Å². The van der Waals surface area contributed by atoms with Crippen LogP contribution in [-0.2, 0) is 0 Å². The van der Waals surface area contributed by atoms with Crippen LogP contribution in [-0.4, -0.2) is 33.6 Å². The lowest BCUT2D eigenvalue weighted by Gasteiger charge is -2.15. The van der Waals surface area contributed by atoms with Crippen LogP contribution in [0.2, 0.25) is 0 Å². The summed E-state index contributed by atoms with van der Waals surface area (Å²) < 4.78 is 6.79. The van der Waals surface area contributed by atoms with Crippen LogP contribution in [0.3, 0.4) is 0 Å². The zero-order chi connectivity index (χ0) is 19.4. The molecule has 2 aromatic heterocycles. The van der Waals surface area contributed by atoms with Crippen LogP contribution in [0.1, 0.15) is 20.8 Å². The lowest BCUT2D eigenvalue weighted by molar-refractivity contribution is 0.242. The normalized spacial score (nSPS) is 10.9. The molecular formula is C19H20BrN5O2. The number of nitrogens with zero attached hydrogens (tertiary/aromatic N) is 3. The molecule has 0 atom stereocenters. The zero-order valence-electron chi connectivity index (χ0n) is 15.3. The average Bonchev–Trinajstić information content (AvgIpc) is 2.62. The number of fused-ring (bicyclic) bond motifs is 1. The van der Waals surface area contributed by atoms with Gasteiger partial charge in [-0.3, -0.25) is 10.3 Å². The van der Waals surface area contributed by atoms with E-state index in [1.807, 2.05) is 39.0 Å². The third-order valence-electron chi connectivity index (χ3n) is 3.58. The molecule has 0 aliphatic carbocycles. The topological polar surface area (TPSA) is 89.0 Å². The summed E-state index contributed by atoms with van der Waals surface area (Å²) in [6, 6.07) is 8.91. The van der Waals surface area contributed by atoms with Crippen molar-refractivity contribution >= 4 is 38.9 Å². The smallest absolute Gasteiger partial charge is 0.320 e. The highest BCUT2D eigenvalue weighted by Gasteiger charge is 2.14. The first-order chi connectivity index (χ1) is 13.0. The Morgan fingerprint density at radius 2 is 2.04 bits per heavy atom. The van der Waals surface area contributed by atoms with E-state index in [1.54, 1.807) is 18.3 Å². The van der Waals surface area contributed by atoms with E-state index in [-0.39, 0.29) is 12.1 Å². The van der Waals surface area contributed by atoms with Crippen molar-refractivity contribution in [2.24, 2.45) is 0 Å². The first-order valence-electron chi connectivity index (χ1n) is 8.62. The Kier molecular flexibility index (Phi) is 5.85. The lowest BCUT2D eigenvalue weighted by Crippen LogP contribution is -2.28. The lowest BCUT2D eigenvalue weighted by atomic mass is 10.1. The number of carbonyl (C=O) groups is 1. The molecule has 0 aliphatic rings. The number of pyridine rings is 1. The molecule has 2 heterocycles. The van der Waals surface area contributed by atoms with E-state index in [1.165, 1.54) is 0 Å². The summed E-state index contributed by atoms with van der Waals surface area (Å²) >= 11 is 3.53. The summed E-state index contributed by atoms with van der Waals surface area (Å²) in [5, 5.41) is 5.34. The number of hydrogen-bond donors (Lipinski definition) is 2. The van der Waals surface area contributed by atoms with Crippen LogP contribution in [0.4, 0.5) is 10.6 Å². The number of carbonyl (C=O) groups excluding carboxylic acids is 1. The summed E-state index contributed by atoms with van der Waals surface area (Å²) in [7, 11) is 0. The van der Waals surface area contributed by atoms with Gasteiger partial charge in [-0.25, -0.2) is 14.8 Å². The molecule has 0 bridgehead atoms. The highest BCUT2D eigenvalue weighted by molar-refractivity contribution is 9.10. The van der Waals surface area contributed by atoms with Crippen LogP contribution in [0.25, 0.3) is 22.4 Å². The highest BCUT2D eigenvalue weighted by atomic mass is 79.9. The average molecular weight is 430 g/mol. The van der Waals surface area contributed by atoms with Crippen molar-refractivity contribution in [3.63, 3.8) is 0 Å². The van der Waals surface area contributed by atoms with E-state index in [4.69, 9.17) is 4.74 Å². The molecule has 1 aromatic carbocycles. The van der Waals surface area contributed by atoms with Crippen molar-refractivity contribution in [3.8, 4) is 17.0 Å². The first-order valence-corrected chi connectivity index (χ1v) is 9.41. The van der Waals surface area contributed by atoms with E-state index >= 15 is 0 Å². The van der Waals surface area contributed by atoms with Crippen molar-refractivity contribution in [3.05, 3.63) is 41.0 Å². The van der Waals surface area contributed by atoms with Crippen LogP contribution in [0, 0.1) is 0 Å². The predicted molar refractivity (Wildman–Crippen MR) is 109 cm³/mol. The highest BCUT2D eigenvalue weighted by Crippen LogP contribution is 2.36. The Labute approximate surface area is 165 Å². The molecule has 0 saturated heterocycles. The van der Waals surface area contributed by atoms with Gasteiger partial charge in [0, 0.05) is 12.1 Å². The number of amides is 2. The SMILES string of the molecule is CCNC(=O)Nc1ccc2ncc(-c3cccc(Br)c3OC(C)C)nc2n1. The maximum absolute atomic E-state index is 11.7. The molecule has 0 spiro atoms. The Balaban J connectivity index is 2.01. The number of para-hydroxylation sites is 1. The maximum Gasteiger partial charge on any atom is 0.320 e. The van der Waals surface area contributed by atoms with Gasteiger partial charge in [0.1, 0.15) is 17.1 Å². The number of urea groups is 1. The molecule has 0 unspecified atom stereocenters. The van der Waals surface area contributed by atoms with Crippen molar-refractivity contribution in [2.45, 2.75) is 26.9 Å². The van der Waals surface area contributed by atoms with Crippen LogP contribution >= 0.6 is 15.9 Å². The monoisotopic (exact) mass is 429 g/mol. The molecular weight excluding hydrogens is 410 g/mol. The standard InChI is InChI=1S/C19H20BrN5O2/c1-4-21-19(26)25-16-9-8-14-18(24-16)23-15(10-22-14)12-6-5-7-13(20)17(12)27-11(2)3/h5-11H,4H2,1-3H3,(H2,21,23,24,25,26). The van der Waals surface area contributed by atoms with Gasteiger partial charge in [0.05, 0.1) is 22.5 Å². The molecule has 0 radical (unpaired) electrons. The van der Waals surface area contributed by atoms with Gasteiger partial charge in [-0.1, -0.05) is 6.07 Å². The Hall–Kier alpha value is -2.74. The number of anilines is 1. The number of halogens is 1. The van der Waals surface area contributed by atoms with Gasteiger partial charge < -0.3 is 10.1 Å². The fraction of sp³-hybridized carbons (Fsp3) is 0.263. The van der Waals surface area contributed by atoms with Gasteiger partial charge in [0.2, 0.25) is 0 Å². The minimum atomic E-state index is -0.312. The first kappa shape index (κ1) is 19.0. The largest absolute Gasteiger partial charge is 0.489 e. The van der Waals surface area contributed by atoms with Crippen LogP contribution < -0.4 is 15.4 Å². The van der Waals surface area contributed by atoms with Crippen molar-refractivity contribution in [2.75, 3.05) is 11.9 Å². The Bertz CT molecular complexity index is 977. The molecule has 140 valence electrons. The molecule has 2 amide bonds. The van der Waals surface area contributed by atoms with E-state index in [0.717, 1.165) is 10.0 Å². The molecule has 0 aliphatic heterocycles. The minimum absolute atomic E-state index is 0.0156. The van der Waals surface area contributed by atoms with Crippen LogP contribution in [0.15, 0.2) is 41.0 Å². The fourth-order valence-corrected chi connectivity index (χ4v) is 2.94. The summed E-state index contributed by atoms with van der Waals surface area (Å²) in [5.74, 6) is 1.12. The molecule has 8 heteroatoms. The van der Waals surface area contributed by atoms with E-state index in [2.05, 4.69) is 41.5 Å². The van der Waals surface area contributed by atoms with Gasteiger partial charge in [-0.2, -0.15) is 0 Å². The summed E-state index contributed by atoms with van der Waals surface area (Å²) in [5.41, 5.74) is 2.54. The van der Waals surface area contributed by atoms with Gasteiger partial charge in [-0.15, -0.1) is 0 Å². The second-order valence-electron chi connectivity index (χ2n) is 6.06. The Morgan fingerprint density at radius 3 is 2.78 bits per heavy atom. The molecule has 0 fully saturated rings. The second-order valence-corrected chi connectivity index (χ2v) is 6.92. The maximum atomic E-state index is 11.7. The number of benzene rings is 1. The zero-order valence-corrected chi connectivity index (χ0v) is 16.9. The molecule has 27 heavy (non-hydrogen) atoms. The third-order valence-corrected chi connectivity index (χ3v) is 4.21. The number of aromatic nitrogens is 3. The van der Waals surface area contributed by atoms with E-state index in [0.29, 0.717) is 35.0 Å². The number of rotatable bonds is 5. The summed E-state index contributed by atoms with van der Waals surface area (Å²) in [6.45, 7) is 6.32. The van der Waals surface area contributed by atoms with Gasteiger partial charge >= 0.3 is 6.03 Å². The van der Waals surface area contributed by atoms with Gasteiger partial charge in [0.25, 0.3) is 0 Å². The van der Waals surface area contributed by atoms with Crippen molar-refractivity contribution < 1.29 is 9.53 Å².